The van der Waals surface area contributed by atoms with E-state index in [1.165, 1.54) is 55.6 Å². The molecular formula is C18H15FN2O4. The summed E-state index contributed by atoms with van der Waals surface area (Å²) >= 11 is 0. The maximum Gasteiger partial charge on any atom is 0.337 e. The number of nitrogens with one attached hydrogen (secondary N) is 1. The second-order valence-corrected chi connectivity index (χ2v) is 5.51. The molecule has 3 rings (SSSR count). The summed E-state index contributed by atoms with van der Waals surface area (Å²) in [6.07, 6.45) is -0.00500. The zero-order valence-corrected chi connectivity index (χ0v) is 13.4. The van der Waals surface area contributed by atoms with E-state index < -0.39 is 17.9 Å². The van der Waals surface area contributed by atoms with Crippen molar-refractivity contribution in [3.63, 3.8) is 0 Å². The average Bonchev–Trinajstić information content (AvgIpc) is 2.90. The molecule has 1 unspecified atom stereocenters. The van der Waals surface area contributed by atoms with Gasteiger partial charge in [0.25, 0.3) is 5.91 Å². The normalized spacial score (nSPS) is 16.9. The lowest BCUT2D eigenvalue weighted by Crippen LogP contribution is -2.34. The van der Waals surface area contributed by atoms with Crippen LogP contribution in [0.5, 0.6) is 0 Å². The molecule has 2 amide bonds. The molecule has 6 nitrogen and oxygen atoms in total. The van der Waals surface area contributed by atoms with Crippen molar-refractivity contribution in [3.8, 4) is 0 Å². The van der Waals surface area contributed by atoms with Crippen LogP contribution in [-0.2, 0) is 14.3 Å². The molecule has 0 radical (unpaired) electrons. The minimum atomic E-state index is -0.724. The highest BCUT2D eigenvalue weighted by atomic mass is 19.1. The first-order valence-corrected chi connectivity index (χ1v) is 7.57. The van der Waals surface area contributed by atoms with Crippen molar-refractivity contribution in [2.45, 2.75) is 12.5 Å². The van der Waals surface area contributed by atoms with E-state index in [1.807, 2.05) is 0 Å². The Kier molecular flexibility index (Phi) is 4.47. The molecule has 7 heteroatoms. The third-order valence-electron chi connectivity index (χ3n) is 3.88. The molecule has 0 bridgehead atoms. The van der Waals surface area contributed by atoms with E-state index in [2.05, 4.69) is 10.1 Å². The fraction of sp³-hybridized carbons (Fsp3) is 0.167. The number of rotatable bonds is 4. The molecule has 1 heterocycles. The lowest BCUT2D eigenvalue weighted by atomic mass is 10.2. The highest BCUT2D eigenvalue weighted by Crippen LogP contribution is 2.25. The maximum absolute atomic E-state index is 12.9. The number of hydrogen-bond acceptors (Lipinski definition) is 5. The first-order chi connectivity index (χ1) is 12.0. The van der Waals surface area contributed by atoms with Gasteiger partial charge in [0, 0.05) is 5.69 Å². The summed E-state index contributed by atoms with van der Waals surface area (Å²) in [5.41, 5.74) is 1.26. The molecule has 0 aromatic heterocycles. The van der Waals surface area contributed by atoms with Crippen molar-refractivity contribution in [1.29, 1.82) is 0 Å². The van der Waals surface area contributed by atoms with Gasteiger partial charge in [0.05, 0.1) is 24.8 Å². The predicted molar refractivity (Wildman–Crippen MR) is 88.7 cm³/mol. The summed E-state index contributed by atoms with van der Waals surface area (Å²) in [7, 11) is 1.27. The maximum atomic E-state index is 12.9. The molecule has 0 spiro atoms. The van der Waals surface area contributed by atoms with Crippen LogP contribution in [0.4, 0.5) is 15.8 Å². The van der Waals surface area contributed by atoms with Gasteiger partial charge in [0.2, 0.25) is 5.91 Å². The average molecular weight is 342 g/mol. The lowest BCUT2D eigenvalue weighted by molar-refractivity contribution is -0.121. The van der Waals surface area contributed by atoms with Crippen LogP contribution in [0.2, 0.25) is 0 Å². The standard InChI is InChI=1S/C18H15FN2O4/c1-25-18(24)11-2-8-14(9-3-11)21-16(22)10-15(17(21)23)20-13-6-4-12(19)5-7-13/h2-9,15,20H,10H2,1H3. The topological polar surface area (TPSA) is 75.7 Å². The van der Waals surface area contributed by atoms with Crippen LogP contribution in [0, 0.1) is 5.82 Å². The van der Waals surface area contributed by atoms with Crippen molar-refractivity contribution in [2.75, 3.05) is 17.3 Å². The summed E-state index contributed by atoms with van der Waals surface area (Å²) in [4.78, 5) is 37.3. The van der Waals surface area contributed by atoms with Crippen LogP contribution in [0.25, 0.3) is 0 Å². The Morgan fingerprint density at radius 1 is 1.12 bits per heavy atom. The Morgan fingerprint density at radius 2 is 1.76 bits per heavy atom. The van der Waals surface area contributed by atoms with Crippen molar-refractivity contribution in [3.05, 3.63) is 59.9 Å². The van der Waals surface area contributed by atoms with E-state index in [-0.39, 0.29) is 18.1 Å². The van der Waals surface area contributed by atoms with Gasteiger partial charge in [0.15, 0.2) is 0 Å². The van der Waals surface area contributed by atoms with Crippen molar-refractivity contribution >= 4 is 29.2 Å². The minimum absolute atomic E-state index is 0.00500. The molecule has 0 aliphatic carbocycles. The smallest absolute Gasteiger partial charge is 0.337 e. The molecule has 2 aromatic carbocycles. The Hall–Kier alpha value is -3.22. The SMILES string of the molecule is COC(=O)c1ccc(N2C(=O)CC(Nc3ccc(F)cc3)C2=O)cc1. The summed E-state index contributed by atoms with van der Waals surface area (Å²) in [5, 5.41) is 2.93. The first-order valence-electron chi connectivity index (χ1n) is 7.57. The fourth-order valence-corrected chi connectivity index (χ4v) is 2.63. The van der Waals surface area contributed by atoms with Gasteiger partial charge in [-0.25, -0.2) is 14.1 Å². The van der Waals surface area contributed by atoms with E-state index in [9.17, 15) is 18.8 Å². The van der Waals surface area contributed by atoms with Crippen LogP contribution < -0.4 is 10.2 Å². The molecule has 128 valence electrons. The molecule has 1 aliphatic rings. The number of methoxy groups -OCH3 is 1. The number of carbonyl (C=O) groups is 3. The largest absolute Gasteiger partial charge is 0.465 e. The van der Waals surface area contributed by atoms with Gasteiger partial charge < -0.3 is 10.1 Å². The molecule has 25 heavy (non-hydrogen) atoms. The second kappa shape index (κ2) is 6.72. The third kappa shape index (κ3) is 3.35. The molecule has 1 N–H and O–H groups in total. The quantitative estimate of drug-likeness (QED) is 0.682. The molecule has 1 saturated heterocycles. The number of imide groups is 1. The zero-order valence-electron chi connectivity index (χ0n) is 13.4. The van der Waals surface area contributed by atoms with Gasteiger partial charge in [-0.3, -0.25) is 9.59 Å². The van der Waals surface area contributed by atoms with Crippen LogP contribution >= 0.6 is 0 Å². The molecule has 2 aromatic rings. The summed E-state index contributed by atoms with van der Waals surface area (Å²) < 4.78 is 17.6. The van der Waals surface area contributed by atoms with Crippen molar-refractivity contribution in [1.82, 2.24) is 0 Å². The number of ether oxygens (including phenoxy) is 1. The van der Waals surface area contributed by atoms with Crippen LogP contribution in [0.15, 0.2) is 48.5 Å². The molecule has 0 saturated carbocycles. The monoisotopic (exact) mass is 342 g/mol. The van der Waals surface area contributed by atoms with Gasteiger partial charge in [-0.1, -0.05) is 0 Å². The van der Waals surface area contributed by atoms with Gasteiger partial charge in [0.1, 0.15) is 11.9 Å². The molecule has 1 aliphatic heterocycles. The predicted octanol–water partition coefficient (Wildman–Crippen LogP) is 2.36. The highest BCUT2D eigenvalue weighted by Gasteiger charge is 2.39. The third-order valence-corrected chi connectivity index (χ3v) is 3.88. The summed E-state index contributed by atoms with van der Waals surface area (Å²) in [5.74, 6) is -1.64. The molecule has 1 fully saturated rings. The second-order valence-electron chi connectivity index (χ2n) is 5.51. The Labute approximate surface area is 143 Å². The summed E-state index contributed by atoms with van der Waals surface area (Å²) in [6, 6.07) is 10.8. The van der Waals surface area contributed by atoms with E-state index in [4.69, 9.17) is 0 Å². The van der Waals surface area contributed by atoms with Crippen molar-refractivity contribution < 1.29 is 23.5 Å². The number of benzene rings is 2. The van der Waals surface area contributed by atoms with Gasteiger partial charge in [-0.2, -0.15) is 0 Å². The number of amides is 2. The molecule has 1 atom stereocenters. The number of halogens is 1. The van der Waals surface area contributed by atoms with Crippen LogP contribution in [0.3, 0.4) is 0 Å². The number of hydrogen-bond donors (Lipinski definition) is 1. The van der Waals surface area contributed by atoms with Crippen molar-refractivity contribution in [2.24, 2.45) is 0 Å². The number of esters is 1. The van der Waals surface area contributed by atoms with Gasteiger partial charge >= 0.3 is 5.97 Å². The van der Waals surface area contributed by atoms with E-state index in [1.54, 1.807) is 0 Å². The Bertz CT molecular complexity index is 818. The van der Waals surface area contributed by atoms with E-state index in [0.717, 1.165) is 4.90 Å². The highest BCUT2D eigenvalue weighted by molar-refractivity contribution is 6.23. The summed E-state index contributed by atoms with van der Waals surface area (Å²) in [6.45, 7) is 0. The van der Waals surface area contributed by atoms with Crippen LogP contribution in [-0.4, -0.2) is 30.9 Å². The zero-order chi connectivity index (χ0) is 18.0. The molecular weight excluding hydrogens is 327 g/mol. The number of carbonyl (C=O) groups excluding carboxylic acids is 3. The Balaban J connectivity index is 1.76. The van der Waals surface area contributed by atoms with Gasteiger partial charge in [-0.05, 0) is 48.5 Å². The fourth-order valence-electron chi connectivity index (χ4n) is 2.63. The van der Waals surface area contributed by atoms with Gasteiger partial charge in [-0.15, -0.1) is 0 Å². The number of nitrogens with zero attached hydrogens (tertiary/aromatic N) is 1. The van der Waals surface area contributed by atoms with E-state index >= 15 is 0 Å². The number of anilines is 2. The lowest BCUT2D eigenvalue weighted by Gasteiger charge is -2.16. The van der Waals surface area contributed by atoms with Crippen LogP contribution in [0.1, 0.15) is 16.8 Å². The van der Waals surface area contributed by atoms with E-state index in [0.29, 0.717) is 16.9 Å². The first kappa shape index (κ1) is 16.6. The minimum Gasteiger partial charge on any atom is -0.465 e. The Morgan fingerprint density at radius 3 is 2.36 bits per heavy atom.